The summed E-state index contributed by atoms with van der Waals surface area (Å²) in [4.78, 5) is 4.77. The molecule has 0 unspecified atom stereocenters. The summed E-state index contributed by atoms with van der Waals surface area (Å²) in [7, 11) is 0. The summed E-state index contributed by atoms with van der Waals surface area (Å²) in [5.41, 5.74) is 13.9. The standard InChI is InChI=1S/C49H36N2O/c1-49(2)42-23-13-25-44-48(42)51(47-41-21-10-9-14-34(41)30-31-45(47)52-44)43-24-12-22-40(46(43)49)35-28-26-33(27-29-35)36-15-11-20-39(32-36)50(37-16-5-3-6-17-37)38-18-7-4-8-19-38/h3-32H,1-2H3. The molecular formula is C49H36N2O. The summed E-state index contributed by atoms with van der Waals surface area (Å²) in [6.45, 7) is 4.71. The van der Waals surface area contributed by atoms with Crippen LogP contribution >= 0.6 is 0 Å². The second-order valence-electron chi connectivity index (χ2n) is 14.2. The molecule has 10 rings (SSSR count). The maximum Gasteiger partial charge on any atom is 0.152 e. The van der Waals surface area contributed by atoms with Crippen molar-refractivity contribution >= 4 is 44.9 Å². The highest BCUT2D eigenvalue weighted by Gasteiger charge is 2.43. The molecule has 0 bridgehead atoms. The van der Waals surface area contributed by atoms with Gasteiger partial charge in [0.2, 0.25) is 0 Å². The first-order chi connectivity index (χ1) is 25.6. The number of hydrogen-bond donors (Lipinski definition) is 0. The predicted octanol–water partition coefficient (Wildman–Crippen LogP) is 13.9. The zero-order chi connectivity index (χ0) is 34.8. The quantitative estimate of drug-likeness (QED) is 0.182. The predicted molar refractivity (Wildman–Crippen MR) is 216 cm³/mol. The molecule has 248 valence electrons. The molecule has 0 radical (unpaired) electrons. The van der Waals surface area contributed by atoms with E-state index in [0.29, 0.717) is 0 Å². The van der Waals surface area contributed by atoms with Crippen molar-refractivity contribution in [3.05, 3.63) is 193 Å². The van der Waals surface area contributed by atoms with E-state index in [2.05, 4.69) is 206 Å². The van der Waals surface area contributed by atoms with Gasteiger partial charge in [-0.25, -0.2) is 0 Å². The lowest BCUT2D eigenvalue weighted by Crippen LogP contribution is -2.33. The van der Waals surface area contributed by atoms with E-state index in [4.69, 9.17) is 4.74 Å². The van der Waals surface area contributed by atoms with E-state index >= 15 is 0 Å². The van der Waals surface area contributed by atoms with Gasteiger partial charge in [-0.05, 0) is 93.4 Å². The Bertz CT molecular complexity index is 2590. The van der Waals surface area contributed by atoms with Crippen molar-refractivity contribution in [3.8, 4) is 33.8 Å². The van der Waals surface area contributed by atoms with E-state index in [9.17, 15) is 0 Å². The van der Waals surface area contributed by atoms with E-state index in [1.807, 2.05) is 0 Å². The Kier molecular flexibility index (Phi) is 6.84. The van der Waals surface area contributed by atoms with Crippen LogP contribution in [0, 0.1) is 0 Å². The largest absolute Gasteiger partial charge is 0.453 e. The van der Waals surface area contributed by atoms with Gasteiger partial charge in [-0.3, -0.25) is 0 Å². The van der Waals surface area contributed by atoms with Crippen molar-refractivity contribution < 1.29 is 4.74 Å². The summed E-state index contributed by atoms with van der Waals surface area (Å²) < 4.78 is 6.64. The number of nitrogens with zero attached hydrogens (tertiary/aromatic N) is 2. The zero-order valence-corrected chi connectivity index (χ0v) is 29.1. The third-order valence-electron chi connectivity index (χ3n) is 10.8. The second-order valence-corrected chi connectivity index (χ2v) is 14.2. The molecule has 3 heteroatoms. The summed E-state index contributed by atoms with van der Waals surface area (Å²) in [5, 5.41) is 2.38. The summed E-state index contributed by atoms with van der Waals surface area (Å²) in [6, 6.07) is 65.2. The number of hydrogen-bond acceptors (Lipinski definition) is 3. The van der Waals surface area contributed by atoms with E-state index in [1.165, 1.54) is 49.8 Å². The lowest BCUT2D eigenvalue weighted by Gasteiger charge is -2.46. The maximum absolute atomic E-state index is 6.64. The molecule has 0 saturated carbocycles. The van der Waals surface area contributed by atoms with Gasteiger partial charge in [-0.15, -0.1) is 0 Å². The van der Waals surface area contributed by atoms with Crippen LogP contribution < -0.4 is 14.5 Å². The first kappa shape index (κ1) is 30.3. The molecule has 0 saturated heterocycles. The van der Waals surface area contributed by atoms with Crippen LogP contribution in [-0.4, -0.2) is 0 Å². The molecule has 3 nitrogen and oxygen atoms in total. The lowest BCUT2D eigenvalue weighted by atomic mass is 9.70. The number of fused-ring (bicyclic) bond motifs is 6. The molecule has 8 aromatic rings. The fraction of sp³-hybridized carbons (Fsp3) is 0.0612. The molecule has 0 spiro atoms. The molecule has 0 atom stereocenters. The minimum Gasteiger partial charge on any atom is -0.453 e. The normalized spacial score (nSPS) is 13.5. The van der Waals surface area contributed by atoms with Gasteiger partial charge in [0.25, 0.3) is 0 Å². The molecule has 2 aliphatic heterocycles. The van der Waals surface area contributed by atoms with E-state index in [-0.39, 0.29) is 5.41 Å². The van der Waals surface area contributed by atoms with Crippen LogP contribution in [0.15, 0.2) is 182 Å². The molecule has 8 aromatic carbocycles. The first-order valence-electron chi connectivity index (χ1n) is 17.9. The monoisotopic (exact) mass is 668 g/mol. The minimum absolute atomic E-state index is 0.273. The fourth-order valence-electron chi connectivity index (χ4n) is 8.39. The molecule has 2 aliphatic rings. The lowest BCUT2D eigenvalue weighted by molar-refractivity contribution is 0.472. The van der Waals surface area contributed by atoms with Crippen molar-refractivity contribution in [2.24, 2.45) is 0 Å². The second kappa shape index (κ2) is 11.8. The Morgan fingerprint density at radius 3 is 1.88 bits per heavy atom. The van der Waals surface area contributed by atoms with Gasteiger partial charge >= 0.3 is 0 Å². The van der Waals surface area contributed by atoms with E-state index in [1.54, 1.807) is 0 Å². The van der Waals surface area contributed by atoms with Crippen LogP contribution in [0.3, 0.4) is 0 Å². The third kappa shape index (κ3) is 4.66. The van der Waals surface area contributed by atoms with Gasteiger partial charge in [0.1, 0.15) is 0 Å². The maximum atomic E-state index is 6.64. The van der Waals surface area contributed by atoms with Crippen molar-refractivity contribution in [2.75, 3.05) is 9.80 Å². The molecule has 52 heavy (non-hydrogen) atoms. The van der Waals surface area contributed by atoms with Crippen molar-refractivity contribution in [1.29, 1.82) is 0 Å². The number of rotatable bonds is 5. The van der Waals surface area contributed by atoms with Crippen LogP contribution in [0.5, 0.6) is 11.5 Å². The zero-order valence-electron chi connectivity index (χ0n) is 29.1. The fourth-order valence-corrected chi connectivity index (χ4v) is 8.39. The van der Waals surface area contributed by atoms with Crippen LogP contribution in [0.2, 0.25) is 0 Å². The van der Waals surface area contributed by atoms with Crippen LogP contribution in [0.25, 0.3) is 33.0 Å². The summed E-state index contributed by atoms with van der Waals surface area (Å²) in [5.74, 6) is 1.78. The molecule has 0 amide bonds. The summed E-state index contributed by atoms with van der Waals surface area (Å²) >= 11 is 0. The molecule has 0 aliphatic carbocycles. The number of para-hydroxylation sites is 3. The molecule has 0 aromatic heterocycles. The van der Waals surface area contributed by atoms with Gasteiger partial charge < -0.3 is 14.5 Å². The average Bonchev–Trinajstić information content (AvgIpc) is 3.20. The Hall–Kier alpha value is -6.58. The van der Waals surface area contributed by atoms with Crippen LogP contribution in [-0.2, 0) is 5.41 Å². The first-order valence-corrected chi connectivity index (χ1v) is 17.9. The van der Waals surface area contributed by atoms with Crippen LogP contribution in [0.4, 0.5) is 34.1 Å². The van der Waals surface area contributed by atoms with Crippen molar-refractivity contribution in [3.63, 3.8) is 0 Å². The Morgan fingerprint density at radius 1 is 0.481 bits per heavy atom. The summed E-state index contributed by atoms with van der Waals surface area (Å²) in [6.07, 6.45) is 0. The van der Waals surface area contributed by atoms with Gasteiger partial charge in [0.05, 0.1) is 17.1 Å². The van der Waals surface area contributed by atoms with Gasteiger partial charge in [-0.1, -0.05) is 141 Å². The SMILES string of the molecule is CC1(C)c2cccc3c2N(c2cccc(-c4ccc(-c5cccc(N(c6ccccc6)c6ccccc6)c5)cc4)c21)c1c(ccc2ccccc12)O3. The minimum atomic E-state index is -0.273. The van der Waals surface area contributed by atoms with Crippen molar-refractivity contribution in [2.45, 2.75) is 19.3 Å². The van der Waals surface area contributed by atoms with Gasteiger partial charge in [-0.2, -0.15) is 0 Å². The molecule has 0 N–H and O–H groups in total. The smallest absolute Gasteiger partial charge is 0.152 e. The van der Waals surface area contributed by atoms with Crippen LogP contribution in [0.1, 0.15) is 25.0 Å². The van der Waals surface area contributed by atoms with Gasteiger partial charge in [0, 0.05) is 27.9 Å². The molecular weight excluding hydrogens is 633 g/mol. The number of ether oxygens (including phenoxy) is 1. The number of anilines is 6. The van der Waals surface area contributed by atoms with Crippen molar-refractivity contribution in [1.82, 2.24) is 0 Å². The average molecular weight is 669 g/mol. The highest BCUT2D eigenvalue weighted by Crippen LogP contribution is 2.62. The molecule has 0 fully saturated rings. The highest BCUT2D eigenvalue weighted by atomic mass is 16.5. The Balaban J connectivity index is 1.08. The Labute approximate surface area is 304 Å². The highest BCUT2D eigenvalue weighted by molar-refractivity contribution is 6.06. The third-order valence-corrected chi connectivity index (χ3v) is 10.8. The van der Waals surface area contributed by atoms with E-state index < -0.39 is 0 Å². The number of benzene rings is 8. The van der Waals surface area contributed by atoms with Gasteiger partial charge in [0.15, 0.2) is 11.5 Å². The Morgan fingerprint density at radius 2 is 1.12 bits per heavy atom. The molecule has 2 heterocycles. The topological polar surface area (TPSA) is 15.7 Å². The van der Waals surface area contributed by atoms with E-state index in [0.717, 1.165) is 39.9 Å².